The largest absolute Gasteiger partial charge is 0.479 e. The molecule has 1 unspecified atom stereocenters. The summed E-state index contributed by atoms with van der Waals surface area (Å²) in [6.45, 7) is 0.123. The number of hydrogen-bond donors (Lipinski definition) is 1. The number of imidazole rings is 1. The third-order valence-electron chi connectivity index (χ3n) is 7.46. The van der Waals surface area contributed by atoms with Crippen LogP contribution in [0.2, 0.25) is 0 Å². The van der Waals surface area contributed by atoms with Crippen molar-refractivity contribution in [2.45, 2.75) is 38.2 Å². The molecule has 41 heavy (non-hydrogen) atoms. The van der Waals surface area contributed by atoms with Crippen molar-refractivity contribution in [3.8, 4) is 40.0 Å². The topological polar surface area (TPSA) is 73.6 Å². The molecule has 0 fully saturated rings. The van der Waals surface area contributed by atoms with Crippen LogP contribution >= 0.6 is 0 Å². The molecule has 1 aliphatic carbocycles. The van der Waals surface area contributed by atoms with Crippen LogP contribution in [0.4, 0.5) is 0 Å². The van der Waals surface area contributed by atoms with Gasteiger partial charge in [0.05, 0.1) is 18.0 Å². The number of fused-ring (bicyclic) bond motifs is 1. The van der Waals surface area contributed by atoms with Crippen molar-refractivity contribution in [3.05, 3.63) is 120 Å². The van der Waals surface area contributed by atoms with Crippen LogP contribution in [0.1, 0.15) is 30.4 Å². The first kappa shape index (κ1) is 26.4. The molecule has 0 spiro atoms. The summed E-state index contributed by atoms with van der Waals surface area (Å²) in [5, 5.41) is 10.0. The Morgan fingerprint density at radius 3 is 2.17 bits per heavy atom. The zero-order valence-electron chi connectivity index (χ0n) is 22.8. The van der Waals surface area contributed by atoms with Crippen molar-refractivity contribution in [1.29, 1.82) is 0 Å². The number of aromatic nitrogens is 2. The lowest BCUT2D eigenvalue weighted by molar-refractivity contribution is -0.145. The normalized spacial score (nSPS) is 13.3. The lowest BCUT2D eigenvalue weighted by Crippen LogP contribution is -2.29. The van der Waals surface area contributed by atoms with Crippen LogP contribution in [0.3, 0.4) is 0 Å². The smallest absolute Gasteiger partial charge is 0.345 e. The summed E-state index contributed by atoms with van der Waals surface area (Å²) in [6, 6.07) is 36.4. The molecule has 6 nitrogen and oxygen atoms in total. The number of carboxylic acid groups (broad SMARTS) is 1. The minimum absolute atomic E-state index is 0.123. The average Bonchev–Trinajstić information content (AvgIpc) is 3.41. The van der Waals surface area contributed by atoms with Gasteiger partial charge in [0.2, 0.25) is 0 Å². The Labute approximate surface area is 239 Å². The third-order valence-corrected chi connectivity index (χ3v) is 7.46. The molecule has 5 aromatic rings. The van der Waals surface area contributed by atoms with E-state index >= 15 is 0 Å². The first-order valence-electron chi connectivity index (χ1n) is 14.1. The molecule has 1 aromatic heterocycles. The van der Waals surface area contributed by atoms with Crippen LogP contribution in [-0.2, 0) is 17.6 Å². The molecule has 1 atom stereocenters. The van der Waals surface area contributed by atoms with Crippen molar-refractivity contribution in [2.75, 3.05) is 6.61 Å². The highest BCUT2D eigenvalue weighted by atomic mass is 16.5. The second-order valence-corrected chi connectivity index (χ2v) is 10.2. The van der Waals surface area contributed by atoms with Gasteiger partial charge in [0.25, 0.3) is 0 Å². The van der Waals surface area contributed by atoms with Gasteiger partial charge >= 0.3 is 12.0 Å². The zero-order valence-corrected chi connectivity index (χ0v) is 22.8. The summed E-state index contributed by atoms with van der Waals surface area (Å²) >= 11 is 0. The Hall–Kier alpha value is -4.84. The fourth-order valence-electron chi connectivity index (χ4n) is 5.47. The summed E-state index contributed by atoms with van der Waals surface area (Å²) < 4.78 is 14.4. The standard InChI is InChI=1S/C35H32N2O4/c38-34(39)31(41-30-22-12-18-25-13-10-11-21-29(25)30)23-24-40-35-36-32(26-14-4-1-5-15-26)33(27-16-6-2-7-17-27)37(35)28-19-8-3-9-20-28/h1-9,12,14-20,22,31H,10-11,13,21,23-24H2,(H,38,39). The maximum Gasteiger partial charge on any atom is 0.345 e. The molecular weight excluding hydrogens is 512 g/mol. The van der Waals surface area contributed by atoms with Gasteiger partial charge in [-0.15, -0.1) is 0 Å². The highest BCUT2D eigenvalue weighted by Gasteiger charge is 2.25. The van der Waals surface area contributed by atoms with E-state index in [1.165, 1.54) is 5.56 Å². The Kier molecular flexibility index (Phi) is 7.81. The Morgan fingerprint density at radius 2 is 1.46 bits per heavy atom. The molecule has 206 valence electrons. The number of para-hydroxylation sites is 1. The van der Waals surface area contributed by atoms with Crippen molar-refractivity contribution < 1.29 is 19.4 Å². The quantitative estimate of drug-likeness (QED) is 0.199. The second-order valence-electron chi connectivity index (χ2n) is 10.2. The number of rotatable bonds is 10. The van der Waals surface area contributed by atoms with E-state index in [-0.39, 0.29) is 13.0 Å². The molecular formula is C35H32N2O4. The monoisotopic (exact) mass is 544 g/mol. The van der Waals surface area contributed by atoms with Crippen LogP contribution in [0.5, 0.6) is 11.8 Å². The number of benzene rings is 4. The minimum atomic E-state index is -1.04. The van der Waals surface area contributed by atoms with Crippen LogP contribution in [0.25, 0.3) is 28.2 Å². The summed E-state index contributed by atoms with van der Waals surface area (Å²) in [4.78, 5) is 17.2. The summed E-state index contributed by atoms with van der Waals surface area (Å²) in [5.74, 6) is -0.346. The number of ether oxygens (including phenoxy) is 2. The highest BCUT2D eigenvalue weighted by Crippen LogP contribution is 2.38. The minimum Gasteiger partial charge on any atom is -0.479 e. The van der Waals surface area contributed by atoms with Crippen molar-refractivity contribution in [2.24, 2.45) is 0 Å². The van der Waals surface area contributed by atoms with Gasteiger partial charge in [-0.3, -0.25) is 4.57 Å². The number of carbonyl (C=O) groups is 1. The second kappa shape index (κ2) is 12.1. The summed E-state index contributed by atoms with van der Waals surface area (Å²) in [5.41, 5.74) is 6.94. The molecule has 0 amide bonds. The Morgan fingerprint density at radius 1 is 0.805 bits per heavy atom. The predicted octanol–water partition coefficient (Wildman–Crippen LogP) is 7.39. The van der Waals surface area contributed by atoms with Crippen molar-refractivity contribution in [1.82, 2.24) is 9.55 Å². The SMILES string of the molecule is O=C(O)C(CCOc1nc(-c2ccccc2)c(-c2ccccc2)n1-c1ccccc1)Oc1cccc2c1CCCC2. The van der Waals surface area contributed by atoms with Gasteiger partial charge in [0, 0.05) is 17.5 Å². The lowest BCUT2D eigenvalue weighted by Gasteiger charge is -2.22. The average molecular weight is 545 g/mol. The zero-order chi connectivity index (χ0) is 28.0. The fraction of sp³-hybridized carbons (Fsp3) is 0.200. The molecule has 1 aliphatic rings. The van der Waals surface area contributed by atoms with Crippen LogP contribution < -0.4 is 9.47 Å². The van der Waals surface area contributed by atoms with E-state index < -0.39 is 12.1 Å². The third kappa shape index (κ3) is 5.73. The van der Waals surface area contributed by atoms with Gasteiger partial charge < -0.3 is 14.6 Å². The van der Waals surface area contributed by atoms with E-state index in [0.717, 1.165) is 59.4 Å². The number of aliphatic carboxylic acids is 1. The van der Waals surface area contributed by atoms with Gasteiger partial charge in [0.15, 0.2) is 6.10 Å². The van der Waals surface area contributed by atoms with Crippen LogP contribution in [0.15, 0.2) is 109 Å². The molecule has 0 aliphatic heterocycles. The predicted molar refractivity (Wildman–Crippen MR) is 160 cm³/mol. The molecule has 4 aromatic carbocycles. The van der Waals surface area contributed by atoms with E-state index in [1.807, 2.05) is 95.6 Å². The highest BCUT2D eigenvalue weighted by molar-refractivity contribution is 5.81. The Bertz CT molecular complexity index is 1610. The lowest BCUT2D eigenvalue weighted by atomic mass is 9.91. The fourth-order valence-corrected chi connectivity index (χ4v) is 5.47. The molecule has 0 saturated heterocycles. The molecule has 0 bridgehead atoms. The molecule has 0 radical (unpaired) electrons. The number of aryl methyl sites for hydroxylation is 1. The number of hydrogen-bond acceptors (Lipinski definition) is 4. The molecule has 1 heterocycles. The van der Waals surface area contributed by atoms with Crippen LogP contribution in [0, 0.1) is 0 Å². The molecule has 6 heteroatoms. The molecule has 0 saturated carbocycles. The first-order valence-corrected chi connectivity index (χ1v) is 14.1. The maximum atomic E-state index is 12.2. The van der Waals surface area contributed by atoms with Gasteiger partial charge in [-0.1, -0.05) is 91.0 Å². The van der Waals surface area contributed by atoms with Gasteiger partial charge in [0.1, 0.15) is 11.4 Å². The van der Waals surface area contributed by atoms with E-state index in [1.54, 1.807) is 0 Å². The van der Waals surface area contributed by atoms with Gasteiger partial charge in [-0.05, 0) is 55.0 Å². The van der Waals surface area contributed by atoms with E-state index in [4.69, 9.17) is 14.5 Å². The van der Waals surface area contributed by atoms with Crippen molar-refractivity contribution in [3.63, 3.8) is 0 Å². The van der Waals surface area contributed by atoms with E-state index in [2.05, 4.69) is 18.2 Å². The van der Waals surface area contributed by atoms with Crippen LogP contribution in [-0.4, -0.2) is 33.3 Å². The maximum absolute atomic E-state index is 12.2. The summed E-state index contributed by atoms with van der Waals surface area (Å²) in [6.07, 6.45) is 3.28. The summed E-state index contributed by atoms with van der Waals surface area (Å²) in [7, 11) is 0. The van der Waals surface area contributed by atoms with E-state index in [9.17, 15) is 9.90 Å². The van der Waals surface area contributed by atoms with E-state index in [0.29, 0.717) is 11.8 Å². The van der Waals surface area contributed by atoms with Crippen molar-refractivity contribution >= 4 is 5.97 Å². The molecule has 1 N–H and O–H groups in total. The number of carboxylic acids is 1. The van der Waals surface area contributed by atoms with Gasteiger partial charge in [-0.25, -0.2) is 4.79 Å². The number of nitrogens with zero attached hydrogens (tertiary/aromatic N) is 2. The van der Waals surface area contributed by atoms with Gasteiger partial charge in [-0.2, -0.15) is 4.98 Å². The first-order chi connectivity index (χ1) is 20.2. The molecule has 6 rings (SSSR count). The Balaban J connectivity index is 1.32.